The number of aryl methyl sites for hydroxylation is 1. The number of aromatic amines is 1. The van der Waals surface area contributed by atoms with Crippen molar-refractivity contribution in [1.82, 2.24) is 34.7 Å². The maximum Gasteiger partial charge on any atom is 0.178 e. The highest BCUT2D eigenvalue weighted by Gasteiger charge is 2.17. The van der Waals surface area contributed by atoms with E-state index in [4.69, 9.17) is 4.98 Å². The van der Waals surface area contributed by atoms with E-state index in [0.717, 1.165) is 11.3 Å². The van der Waals surface area contributed by atoms with Crippen LogP contribution < -0.4 is 0 Å². The Morgan fingerprint density at radius 1 is 0.964 bits per heavy atom. The number of imidazole rings is 1. The Morgan fingerprint density at radius 3 is 2.61 bits per heavy atom. The fraction of sp³-hybridized carbons (Fsp3) is 0.0500. The summed E-state index contributed by atoms with van der Waals surface area (Å²) in [6.07, 6.45) is 7.84. The highest BCUT2D eigenvalue weighted by molar-refractivity contribution is 5.89. The Kier molecular flexibility index (Phi) is 3.68. The molecule has 8 heteroatoms. The Morgan fingerprint density at radius 2 is 1.86 bits per heavy atom. The summed E-state index contributed by atoms with van der Waals surface area (Å²) in [7, 11) is 1.84. The van der Waals surface area contributed by atoms with E-state index in [1.807, 2.05) is 31.3 Å². The lowest BCUT2D eigenvalue weighted by molar-refractivity contribution is 0.625. The van der Waals surface area contributed by atoms with Gasteiger partial charge in [-0.05, 0) is 30.3 Å². The lowest BCUT2D eigenvalue weighted by atomic mass is 10.0. The van der Waals surface area contributed by atoms with Crippen LogP contribution in [-0.2, 0) is 7.05 Å². The topological polar surface area (TPSA) is 85.2 Å². The van der Waals surface area contributed by atoms with Crippen LogP contribution in [0, 0.1) is 5.82 Å². The maximum atomic E-state index is 14.5. The second-order valence-electron chi connectivity index (χ2n) is 6.28. The summed E-state index contributed by atoms with van der Waals surface area (Å²) in [5.74, 6) is 0.229. The molecular formula is C20H14FN7. The van der Waals surface area contributed by atoms with Gasteiger partial charge in [-0.15, -0.1) is 0 Å². The Labute approximate surface area is 159 Å². The predicted octanol–water partition coefficient (Wildman–Crippen LogP) is 3.62. The third-order valence-electron chi connectivity index (χ3n) is 4.53. The van der Waals surface area contributed by atoms with Crippen molar-refractivity contribution in [2.45, 2.75) is 0 Å². The molecule has 0 saturated heterocycles. The van der Waals surface area contributed by atoms with Crippen molar-refractivity contribution in [2.75, 3.05) is 0 Å². The molecular weight excluding hydrogens is 357 g/mol. The Balaban J connectivity index is 1.79. The molecule has 0 aliphatic heterocycles. The minimum absolute atomic E-state index is 0.417. The van der Waals surface area contributed by atoms with Gasteiger partial charge in [-0.25, -0.2) is 14.4 Å². The van der Waals surface area contributed by atoms with Gasteiger partial charge in [0.2, 0.25) is 0 Å². The van der Waals surface area contributed by atoms with Crippen molar-refractivity contribution in [1.29, 1.82) is 0 Å². The van der Waals surface area contributed by atoms with E-state index >= 15 is 0 Å². The molecule has 0 saturated carbocycles. The van der Waals surface area contributed by atoms with Crippen LogP contribution in [-0.4, -0.2) is 34.7 Å². The number of H-pyrrole nitrogens is 1. The number of fused-ring (bicyclic) bond motifs is 1. The van der Waals surface area contributed by atoms with Crippen LogP contribution in [0.2, 0.25) is 0 Å². The Hall–Kier alpha value is -3.94. The highest BCUT2D eigenvalue weighted by atomic mass is 19.1. The van der Waals surface area contributed by atoms with E-state index in [9.17, 15) is 4.39 Å². The largest absolute Gasteiger partial charge is 0.335 e. The zero-order valence-electron chi connectivity index (χ0n) is 14.8. The van der Waals surface area contributed by atoms with Gasteiger partial charge < -0.3 is 4.98 Å². The molecule has 7 nitrogen and oxygen atoms in total. The van der Waals surface area contributed by atoms with Crippen LogP contribution in [0.4, 0.5) is 4.39 Å². The first-order valence-electron chi connectivity index (χ1n) is 8.60. The molecule has 0 fully saturated rings. The van der Waals surface area contributed by atoms with E-state index in [0.29, 0.717) is 33.8 Å². The number of aromatic nitrogens is 7. The molecule has 0 spiro atoms. The molecule has 28 heavy (non-hydrogen) atoms. The van der Waals surface area contributed by atoms with Crippen molar-refractivity contribution < 1.29 is 4.39 Å². The molecule has 0 bridgehead atoms. The molecule has 0 aromatic carbocycles. The molecule has 0 radical (unpaired) electrons. The number of pyridine rings is 3. The van der Waals surface area contributed by atoms with Crippen LogP contribution in [0.3, 0.4) is 0 Å². The number of hydrogen-bond donors (Lipinski definition) is 1. The zero-order valence-corrected chi connectivity index (χ0v) is 14.8. The van der Waals surface area contributed by atoms with Crippen molar-refractivity contribution in [2.24, 2.45) is 7.05 Å². The average Bonchev–Trinajstić information content (AvgIpc) is 3.33. The Bertz CT molecular complexity index is 1290. The van der Waals surface area contributed by atoms with Gasteiger partial charge in [0, 0.05) is 48.5 Å². The first-order chi connectivity index (χ1) is 13.7. The lowest BCUT2D eigenvalue weighted by Gasteiger charge is -2.09. The van der Waals surface area contributed by atoms with Crippen molar-refractivity contribution in [3.8, 4) is 33.9 Å². The van der Waals surface area contributed by atoms with Gasteiger partial charge in [-0.1, -0.05) is 0 Å². The first kappa shape index (κ1) is 16.2. The number of nitrogens with one attached hydrogen (secondary N) is 1. The van der Waals surface area contributed by atoms with Gasteiger partial charge in [0.25, 0.3) is 0 Å². The van der Waals surface area contributed by atoms with Gasteiger partial charge in [0.05, 0.1) is 17.4 Å². The van der Waals surface area contributed by atoms with Crippen LogP contribution in [0.15, 0.2) is 61.3 Å². The smallest absolute Gasteiger partial charge is 0.178 e. The molecule has 0 unspecified atom stereocenters. The molecule has 5 aromatic heterocycles. The van der Waals surface area contributed by atoms with Crippen LogP contribution >= 0.6 is 0 Å². The minimum atomic E-state index is -0.417. The maximum absolute atomic E-state index is 14.5. The molecule has 0 aliphatic rings. The molecule has 0 atom stereocenters. The number of hydrogen-bond acceptors (Lipinski definition) is 5. The van der Waals surface area contributed by atoms with Crippen molar-refractivity contribution in [3.63, 3.8) is 0 Å². The average molecular weight is 371 g/mol. The molecule has 5 aromatic rings. The summed E-state index contributed by atoms with van der Waals surface area (Å²) < 4.78 is 16.2. The number of nitrogens with zero attached hydrogens (tertiary/aromatic N) is 6. The second-order valence-corrected chi connectivity index (χ2v) is 6.28. The van der Waals surface area contributed by atoms with Gasteiger partial charge in [0.15, 0.2) is 11.5 Å². The molecule has 0 aliphatic carbocycles. The predicted molar refractivity (Wildman–Crippen MR) is 103 cm³/mol. The zero-order chi connectivity index (χ0) is 19.1. The van der Waals surface area contributed by atoms with E-state index in [1.54, 1.807) is 35.5 Å². The summed E-state index contributed by atoms with van der Waals surface area (Å²) in [4.78, 5) is 20.6. The summed E-state index contributed by atoms with van der Waals surface area (Å²) in [6, 6.07) is 9.06. The molecule has 5 heterocycles. The quantitative estimate of drug-likeness (QED) is 0.524. The van der Waals surface area contributed by atoms with E-state index in [2.05, 4.69) is 25.0 Å². The van der Waals surface area contributed by atoms with Crippen LogP contribution in [0.1, 0.15) is 0 Å². The fourth-order valence-corrected chi connectivity index (χ4v) is 3.19. The lowest BCUT2D eigenvalue weighted by Crippen LogP contribution is -1.94. The number of halogens is 1. The summed E-state index contributed by atoms with van der Waals surface area (Å²) in [6.45, 7) is 0. The van der Waals surface area contributed by atoms with Crippen molar-refractivity contribution in [3.05, 3.63) is 67.1 Å². The van der Waals surface area contributed by atoms with Crippen LogP contribution in [0.5, 0.6) is 0 Å². The van der Waals surface area contributed by atoms with Gasteiger partial charge >= 0.3 is 0 Å². The first-order valence-corrected chi connectivity index (χ1v) is 8.60. The van der Waals surface area contributed by atoms with Crippen LogP contribution in [0.25, 0.3) is 45.1 Å². The summed E-state index contributed by atoms with van der Waals surface area (Å²) >= 11 is 0. The minimum Gasteiger partial charge on any atom is -0.335 e. The summed E-state index contributed by atoms with van der Waals surface area (Å²) in [5.41, 5.74) is 4.51. The summed E-state index contributed by atoms with van der Waals surface area (Å²) in [5, 5.41) is 4.18. The second kappa shape index (κ2) is 6.34. The standard InChI is InChI=1S/C20H14FN7/c1-28-17(5-8-24-28)20-25-16-9-14(13-4-7-23-11-15(13)21)18(26-19(16)27-20)12-3-2-6-22-10-12/h2-11H,1H3,(H,25,26,27). The number of rotatable bonds is 3. The monoisotopic (exact) mass is 371 g/mol. The third-order valence-corrected chi connectivity index (χ3v) is 4.53. The van der Waals surface area contributed by atoms with Gasteiger partial charge in [-0.2, -0.15) is 5.10 Å². The highest BCUT2D eigenvalue weighted by Crippen LogP contribution is 2.34. The van der Waals surface area contributed by atoms with Gasteiger partial charge in [-0.3, -0.25) is 14.6 Å². The van der Waals surface area contributed by atoms with E-state index < -0.39 is 5.82 Å². The molecule has 136 valence electrons. The van der Waals surface area contributed by atoms with Gasteiger partial charge in [0.1, 0.15) is 11.5 Å². The van der Waals surface area contributed by atoms with Crippen molar-refractivity contribution >= 4 is 11.2 Å². The molecule has 1 N–H and O–H groups in total. The third kappa shape index (κ3) is 2.62. The molecule has 5 rings (SSSR count). The SMILES string of the molecule is Cn1nccc1-c1nc2nc(-c3cccnc3)c(-c3ccncc3F)cc2[nH]1. The van der Waals surface area contributed by atoms with E-state index in [1.165, 1.54) is 6.20 Å². The molecule has 0 amide bonds. The fourth-order valence-electron chi connectivity index (χ4n) is 3.19. The van der Waals surface area contributed by atoms with E-state index in [-0.39, 0.29) is 0 Å². The normalized spacial score (nSPS) is 11.2.